The Kier molecular flexibility index (Phi) is 3.93. The van der Waals surface area contributed by atoms with E-state index in [4.69, 9.17) is 10.3 Å². The zero-order valence-electron chi connectivity index (χ0n) is 9.98. The molecule has 0 aliphatic heterocycles. The Labute approximate surface area is 96.6 Å². The first-order valence-corrected chi connectivity index (χ1v) is 6.40. The lowest BCUT2D eigenvalue weighted by Gasteiger charge is -2.17. The average molecular weight is 223 g/mol. The molecule has 1 aromatic heterocycles. The smallest absolute Gasteiger partial charge is 0.243 e. The fourth-order valence-corrected chi connectivity index (χ4v) is 2.36. The molecule has 1 saturated carbocycles. The van der Waals surface area contributed by atoms with Crippen LogP contribution < -0.4 is 5.73 Å². The minimum absolute atomic E-state index is 0.0881. The summed E-state index contributed by atoms with van der Waals surface area (Å²) in [6, 6.07) is -0.0881. The first kappa shape index (κ1) is 11.6. The molecule has 1 atom stereocenters. The topological polar surface area (TPSA) is 64.9 Å². The normalized spacial score (nSPS) is 19.9. The van der Waals surface area contributed by atoms with Gasteiger partial charge in [-0.05, 0) is 19.3 Å². The van der Waals surface area contributed by atoms with Crippen LogP contribution in [0.25, 0.3) is 0 Å². The van der Waals surface area contributed by atoms with Gasteiger partial charge in [-0.1, -0.05) is 37.8 Å². The van der Waals surface area contributed by atoms with E-state index >= 15 is 0 Å². The molecular weight excluding hydrogens is 202 g/mol. The summed E-state index contributed by atoms with van der Waals surface area (Å²) >= 11 is 0. The monoisotopic (exact) mass is 223 g/mol. The van der Waals surface area contributed by atoms with Crippen LogP contribution in [0.5, 0.6) is 0 Å². The minimum atomic E-state index is -0.0881. The fourth-order valence-electron chi connectivity index (χ4n) is 2.36. The SMILES string of the molecule is CCC[C@@H](N)c1nc(C2CCCCC2)no1. The van der Waals surface area contributed by atoms with Gasteiger partial charge in [-0.15, -0.1) is 0 Å². The van der Waals surface area contributed by atoms with Crippen LogP contribution in [0.15, 0.2) is 4.52 Å². The van der Waals surface area contributed by atoms with Crippen LogP contribution in [0, 0.1) is 0 Å². The number of aromatic nitrogens is 2. The predicted molar refractivity (Wildman–Crippen MR) is 62.0 cm³/mol. The highest BCUT2D eigenvalue weighted by Crippen LogP contribution is 2.31. The number of nitrogens with two attached hydrogens (primary N) is 1. The quantitative estimate of drug-likeness (QED) is 0.852. The molecule has 0 radical (unpaired) electrons. The number of nitrogens with zero attached hydrogens (tertiary/aromatic N) is 2. The highest BCUT2D eigenvalue weighted by atomic mass is 16.5. The van der Waals surface area contributed by atoms with Gasteiger partial charge in [0.25, 0.3) is 0 Å². The highest BCUT2D eigenvalue weighted by molar-refractivity contribution is 4.99. The van der Waals surface area contributed by atoms with Crippen LogP contribution >= 0.6 is 0 Å². The maximum absolute atomic E-state index is 5.95. The van der Waals surface area contributed by atoms with E-state index in [1.807, 2.05) is 0 Å². The molecule has 16 heavy (non-hydrogen) atoms. The zero-order chi connectivity index (χ0) is 11.4. The molecule has 0 bridgehead atoms. The summed E-state index contributed by atoms with van der Waals surface area (Å²) in [5.41, 5.74) is 5.95. The molecule has 2 N–H and O–H groups in total. The summed E-state index contributed by atoms with van der Waals surface area (Å²) in [5, 5.41) is 4.08. The molecule has 0 unspecified atom stereocenters. The Morgan fingerprint density at radius 1 is 1.38 bits per heavy atom. The van der Waals surface area contributed by atoms with Gasteiger partial charge in [0, 0.05) is 5.92 Å². The lowest BCUT2D eigenvalue weighted by molar-refractivity contribution is 0.336. The van der Waals surface area contributed by atoms with Gasteiger partial charge >= 0.3 is 0 Å². The lowest BCUT2D eigenvalue weighted by atomic mass is 9.89. The Morgan fingerprint density at radius 2 is 2.12 bits per heavy atom. The minimum Gasteiger partial charge on any atom is -0.338 e. The van der Waals surface area contributed by atoms with Gasteiger partial charge in [0.2, 0.25) is 5.89 Å². The van der Waals surface area contributed by atoms with Gasteiger partial charge in [0.15, 0.2) is 5.82 Å². The van der Waals surface area contributed by atoms with Gasteiger partial charge < -0.3 is 10.3 Å². The number of rotatable bonds is 4. The van der Waals surface area contributed by atoms with Gasteiger partial charge in [-0.3, -0.25) is 0 Å². The van der Waals surface area contributed by atoms with Crippen molar-refractivity contribution in [1.82, 2.24) is 10.1 Å². The molecule has 4 heteroatoms. The molecule has 90 valence electrons. The van der Waals surface area contributed by atoms with Crippen molar-refractivity contribution in [1.29, 1.82) is 0 Å². The average Bonchev–Trinajstić information content (AvgIpc) is 2.80. The highest BCUT2D eigenvalue weighted by Gasteiger charge is 2.22. The third-order valence-corrected chi connectivity index (χ3v) is 3.34. The van der Waals surface area contributed by atoms with Crippen LogP contribution in [0.2, 0.25) is 0 Å². The molecule has 0 amide bonds. The van der Waals surface area contributed by atoms with E-state index in [1.54, 1.807) is 0 Å². The standard InChI is InChI=1S/C12H21N3O/c1-2-6-10(13)12-14-11(15-16-12)9-7-4-3-5-8-9/h9-10H,2-8,13H2,1H3/t10-/m1/s1. The third kappa shape index (κ3) is 2.61. The van der Waals surface area contributed by atoms with E-state index in [1.165, 1.54) is 32.1 Å². The summed E-state index contributed by atoms with van der Waals surface area (Å²) in [5.74, 6) is 1.99. The van der Waals surface area contributed by atoms with E-state index < -0.39 is 0 Å². The molecule has 1 fully saturated rings. The van der Waals surface area contributed by atoms with E-state index in [9.17, 15) is 0 Å². The molecular formula is C12H21N3O. The molecule has 1 aliphatic carbocycles. The second kappa shape index (κ2) is 5.43. The summed E-state index contributed by atoms with van der Waals surface area (Å²) in [6.45, 7) is 2.11. The molecule has 2 rings (SSSR count). The van der Waals surface area contributed by atoms with Crippen LogP contribution in [0.3, 0.4) is 0 Å². The van der Waals surface area contributed by atoms with E-state index in [-0.39, 0.29) is 6.04 Å². The van der Waals surface area contributed by atoms with Crippen molar-refractivity contribution in [3.63, 3.8) is 0 Å². The van der Waals surface area contributed by atoms with Gasteiger partial charge in [-0.2, -0.15) is 4.98 Å². The zero-order valence-corrected chi connectivity index (χ0v) is 9.98. The molecule has 4 nitrogen and oxygen atoms in total. The number of hydrogen-bond donors (Lipinski definition) is 1. The van der Waals surface area contributed by atoms with Crippen LogP contribution in [0.4, 0.5) is 0 Å². The Bertz CT molecular complexity index is 318. The van der Waals surface area contributed by atoms with Crippen LogP contribution in [-0.4, -0.2) is 10.1 Å². The van der Waals surface area contributed by atoms with Crippen molar-refractivity contribution >= 4 is 0 Å². The first-order chi connectivity index (χ1) is 7.81. The largest absolute Gasteiger partial charge is 0.338 e. The summed E-state index contributed by atoms with van der Waals surface area (Å²) in [4.78, 5) is 4.45. The van der Waals surface area contributed by atoms with Gasteiger partial charge in [0.05, 0.1) is 6.04 Å². The molecule has 0 spiro atoms. The second-order valence-electron chi connectivity index (χ2n) is 4.72. The molecule has 0 saturated heterocycles. The van der Waals surface area contributed by atoms with Crippen molar-refractivity contribution in [2.45, 2.75) is 63.8 Å². The maximum atomic E-state index is 5.95. The second-order valence-corrected chi connectivity index (χ2v) is 4.72. The van der Waals surface area contributed by atoms with E-state index in [0.29, 0.717) is 11.8 Å². The summed E-state index contributed by atoms with van der Waals surface area (Å²) in [7, 11) is 0. The van der Waals surface area contributed by atoms with E-state index in [2.05, 4.69) is 17.1 Å². The molecule has 0 aromatic carbocycles. The lowest BCUT2D eigenvalue weighted by Crippen LogP contribution is -2.11. The third-order valence-electron chi connectivity index (χ3n) is 3.34. The van der Waals surface area contributed by atoms with Crippen molar-refractivity contribution in [2.24, 2.45) is 5.73 Å². The van der Waals surface area contributed by atoms with Gasteiger partial charge in [-0.25, -0.2) is 0 Å². The molecule has 1 aliphatic rings. The molecule has 1 aromatic rings. The first-order valence-electron chi connectivity index (χ1n) is 6.40. The Balaban J connectivity index is 2.00. The van der Waals surface area contributed by atoms with Gasteiger partial charge in [0.1, 0.15) is 0 Å². The predicted octanol–water partition coefficient (Wildman–Crippen LogP) is 2.92. The fraction of sp³-hybridized carbons (Fsp3) is 0.833. The molecule has 1 heterocycles. The summed E-state index contributed by atoms with van der Waals surface area (Å²) < 4.78 is 5.25. The van der Waals surface area contributed by atoms with Crippen LogP contribution in [-0.2, 0) is 0 Å². The van der Waals surface area contributed by atoms with E-state index in [0.717, 1.165) is 18.7 Å². The van der Waals surface area contributed by atoms with Crippen molar-refractivity contribution in [2.75, 3.05) is 0 Å². The maximum Gasteiger partial charge on any atom is 0.243 e. The van der Waals surface area contributed by atoms with Crippen molar-refractivity contribution in [3.05, 3.63) is 11.7 Å². The van der Waals surface area contributed by atoms with Crippen molar-refractivity contribution < 1.29 is 4.52 Å². The van der Waals surface area contributed by atoms with Crippen LogP contribution in [0.1, 0.15) is 75.5 Å². The van der Waals surface area contributed by atoms with Crippen molar-refractivity contribution in [3.8, 4) is 0 Å². The Morgan fingerprint density at radius 3 is 2.81 bits per heavy atom. The summed E-state index contributed by atoms with van der Waals surface area (Å²) in [6.07, 6.45) is 8.26. The Hall–Kier alpha value is -0.900. The number of hydrogen-bond acceptors (Lipinski definition) is 4.